The van der Waals surface area contributed by atoms with Gasteiger partial charge in [0.25, 0.3) is 0 Å². The van der Waals surface area contributed by atoms with E-state index < -0.39 is 0 Å². The van der Waals surface area contributed by atoms with Crippen LogP contribution in [-0.2, 0) is 20.8 Å². The van der Waals surface area contributed by atoms with E-state index in [0.717, 1.165) is 43.2 Å². The summed E-state index contributed by atoms with van der Waals surface area (Å²) in [6.45, 7) is 4.93. The van der Waals surface area contributed by atoms with Crippen molar-refractivity contribution in [3.63, 3.8) is 0 Å². The van der Waals surface area contributed by atoms with E-state index in [1.807, 2.05) is 24.3 Å². The van der Waals surface area contributed by atoms with Crippen molar-refractivity contribution in [3.8, 4) is 5.75 Å². The summed E-state index contributed by atoms with van der Waals surface area (Å²) in [6.07, 6.45) is 1.84. The van der Waals surface area contributed by atoms with Crippen LogP contribution in [0.25, 0.3) is 0 Å². The van der Waals surface area contributed by atoms with Crippen LogP contribution < -0.4 is 15.4 Å². The van der Waals surface area contributed by atoms with E-state index in [4.69, 9.17) is 18.9 Å². The minimum Gasteiger partial charge on any atom is -0.497 e. The summed E-state index contributed by atoms with van der Waals surface area (Å²) in [5.74, 6) is 1.66. The summed E-state index contributed by atoms with van der Waals surface area (Å²) in [5.41, 5.74) is 1.14. The molecule has 0 amide bonds. The third-order valence-corrected chi connectivity index (χ3v) is 3.60. The molecule has 1 aromatic carbocycles. The van der Waals surface area contributed by atoms with E-state index in [9.17, 15) is 0 Å². The van der Waals surface area contributed by atoms with Crippen LogP contribution in [0.3, 0.4) is 0 Å². The van der Waals surface area contributed by atoms with Crippen LogP contribution in [0.2, 0.25) is 0 Å². The molecule has 0 heterocycles. The molecule has 8 heteroatoms. The Morgan fingerprint density at radius 2 is 1.52 bits per heavy atom. The number of hydrogen-bond acceptors (Lipinski definition) is 5. The molecule has 0 fully saturated rings. The van der Waals surface area contributed by atoms with E-state index in [2.05, 4.69) is 15.6 Å². The van der Waals surface area contributed by atoms with Gasteiger partial charge in [0, 0.05) is 40.5 Å². The minimum atomic E-state index is 0. The van der Waals surface area contributed by atoms with Crippen molar-refractivity contribution < 1.29 is 18.9 Å². The predicted octanol–water partition coefficient (Wildman–Crippen LogP) is 2.44. The summed E-state index contributed by atoms with van der Waals surface area (Å²) in [4.78, 5) is 4.20. The number of halogens is 1. The van der Waals surface area contributed by atoms with Crippen molar-refractivity contribution in [1.82, 2.24) is 10.6 Å². The van der Waals surface area contributed by atoms with Crippen molar-refractivity contribution in [2.45, 2.75) is 19.4 Å². The third kappa shape index (κ3) is 13.7. The number of methoxy groups -OCH3 is 2. The van der Waals surface area contributed by atoms with Crippen LogP contribution in [-0.4, -0.2) is 66.7 Å². The van der Waals surface area contributed by atoms with E-state index in [0.29, 0.717) is 33.0 Å². The lowest BCUT2D eigenvalue weighted by atomic mass is 10.2. The first kappa shape index (κ1) is 25.9. The molecular formula is C19H34IN3O4. The number of aliphatic imine (C=N–C) groups is 1. The van der Waals surface area contributed by atoms with Gasteiger partial charge < -0.3 is 29.6 Å². The van der Waals surface area contributed by atoms with Gasteiger partial charge in [-0.15, -0.1) is 24.0 Å². The molecule has 0 bridgehead atoms. The van der Waals surface area contributed by atoms with Crippen molar-refractivity contribution in [3.05, 3.63) is 29.8 Å². The fourth-order valence-electron chi connectivity index (χ4n) is 2.14. The summed E-state index contributed by atoms with van der Waals surface area (Å²) in [5, 5.41) is 6.54. The molecule has 1 aromatic rings. The third-order valence-electron chi connectivity index (χ3n) is 3.60. The highest BCUT2D eigenvalue weighted by Crippen LogP contribution is 2.11. The van der Waals surface area contributed by atoms with Gasteiger partial charge in [0.1, 0.15) is 5.75 Å². The highest BCUT2D eigenvalue weighted by Gasteiger charge is 1.98. The molecule has 156 valence electrons. The van der Waals surface area contributed by atoms with Crippen molar-refractivity contribution >= 4 is 29.9 Å². The molecule has 0 aliphatic rings. The van der Waals surface area contributed by atoms with Gasteiger partial charge >= 0.3 is 0 Å². The SMILES string of the molecule is CN=C(NCCCOCCOC)NCCCOCc1ccc(OC)cc1.I. The largest absolute Gasteiger partial charge is 0.497 e. The predicted molar refractivity (Wildman–Crippen MR) is 119 cm³/mol. The van der Waals surface area contributed by atoms with Gasteiger partial charge in [-0.2, -0.15) is 0 Å². The lowest BCUT2D eigenvalue weighted by Gasteiger charge is -2.12. The average Bonchev–Trinajstić information content (AvgIpc) is 2.68. The van der Waals surface area contributed by atoms with Crippen molar-refractivity contribution in [1.29, 1.82) is 0 Å². The van der Waals surface area contributed by atoms with Crippen LogP contribution in [0, 0.1) is 0 Å². The Kier molecular flexibility index (Phi) is 17.5. The number of hydrogen-bond donors (Lipinski definition) is 2. The van der Waals surface area contributed by atoms with E-state index in [1.54, 1.807) is 21.3 Å². The topological polar surface area (TPSA) is 73.3 Å². The Morgan fingerprint density at radius 3 is 2.07 bits per heavy atom. The van der Waals surface area contributed by atoms with Crippen molar-refractivity contribution in [2.75, 3.05) is 60.8 Å². The Hall–Kier alpha value is -1.10. The van der Waals surface area contributed by atoms with Crippen LogP contribution in [0.15, 0.2) is 29.3 Å². The van der Waals surface area contributed by atoms with E-state index in [-0.39, 0.29) is 24.0 Å². The quantitative estimate of drug-likeness (QED) is 0.179. The molecule has 0 saturated carbocycles. The molecular weight excluding hydrogens is 461 g/mol. The smallest absolute Gasteiger partial charge is 0.190 e. The maximum atomic E-state index is 5.69. The number of nitrogens with one attached hydrogen (secondary N) is 2. The first-order valence-electron chi connectivity index (χ1n) is 9.02. The highest BCUT2D eigenvalue weighted by atomic mass is 127. The van der Waals surface area contributed by atoms with Gasteiger partial charge in [0.05, 0.1) is 26.9 Å². The Morgan fingerprint density at radius 1 is 0.889 bits per heavy atom. The first-order chi connectivity index (χ1) is 12.8. The normalized spacial score (nSPS) is 11.0. The molecule has 0 spiro atoms. The molecule has 0 aliphatic carbocycles. The Labute approximate surface area is 180 Å². The monoisotopic (exact) mass is 495 g/mol. The number of ether oxygens (including phenoxy) is 4. The summed E-state index contributed by atoms with van der Waals surface area (Å²) in [6, 6.07) is 7.92. The lowest BCUT2D eigenvalue weighted by Crippen LogP contribution is -2.38. The maximum Gasteiger partial charge on any atom is 0.190 e. The molecule has 0 unspecified atom stereocenters. The standard InChI is InChI=1S/C19H33N3O4.HI/c1-20-19(21-10-4-12-25-15-14-23-2)22-11-5-13-26-16-17-6-8-18(24-3)9-7-17;/h6-9H,4-5,10-16H2,1-3H3,(H2,20,21,22);1H. The van der Waals surface area contributed by atoms with Crippen LogP contribution >= 0.6 is 24.0 Å². The van der Waals surface area contributed by atoms with Gasteiger partial charge in [0.15, 0.2) is 5.96 Å². The second kappa shape index (κ2) is 18.3. The molecule has 0 aliphatic heterocycles. The summed E-state index contributed by atoms with van der Waals surface area (Å²) >= 11 is 0. The highest BCUT2D eigenvalue weighted by molar-refractivity contribution is 14.0. The fourth-order valence-corrected chi connectivity index (χ4v) is 2.14. The fraction of sp³-hybridized carbons (Fsp3) is 0.632. The Bertz CT molecular complexity index is 486. The van der Waals surface area contributed by atoms with E-state index in [1.165, 1.54) is 0 Å². The van der Waals surface area contributed by atoms with Gasteiger partial charge in [0.2, 0.25) is 0 Å². The number of benzene rings is 1. The van der Waals surface area contributed by atoms with Gasteiger partial charge in [-0.1, -0.05) is 12.1 Å². The zero-order chi connectivity index (χ0) is 18.9. The summed E-state index contributed by atoms with van der Waals surface area (Å²) in [7, 11) is 5.10. The van der Waals surface area contributed by atoms with Gasteiger partial charge in [-0.05, 0) is 30.5 Å². The van der Waals surface area contributed by atoms with E-state index >= 15 is 0 Å². The van der Waals surface area contributed by atoms with Crippen molar-refractivity contribution in [2.24, 2.45) is 4.99 Å². The number of guanidine groups is 1. The molecule has 0 saturated heterocycles. The molecule has 1 rings (SSSR count). The summed E-state index contributed by atoms with van der Waals surface area (Å²) < 4.78 is 21.2. The molecule has 0 atom stereocenters. The second-order valence-corrected chi connectivity index (χ2v) is 5.64. The molecule has 2 N–H and O–H groups in total. The maximum absolute atomic E-state index is 5.69. The Balaban J connectivity index is 0.00000676. The number of nitrogens with zero attached hydrogens (tertiary/aromatic N) is 1. The van der Waals surface area contributed by atoms with Crippen LogP contribution in [0.4, 0.5) is 0 Å². The molecule has 0 radical (unpaired) electrons. The average molecular weight is 495 g/mol. The van der Waals surface area contributed by atoms with Crippen LogP contribution in [0.5, 0.6) is 5.75 Å². The first-order valence-corrected chi connectivity index (χ1v) is 9.02. The molecule has 7 nitrogen and oxygen atoms in total. The molecule has 27 heavy (non-hydrogen) atoms. The van der Waals surface area contributed by atoms with Crippen LogP contribution in [0.1, 0.15) is 18.4 Å². The lowest BCUT2D eigenvalue weighted by molar-refractivity contribution is 0.0698. The zero-order valence-electron chi connectivity index (χ0n) is 16.7. The second-order valence-electron chi connectivity index (χ2n) is 5.64. The van der Waals surface area contributed by atoms with Gasteiger partial charge in [-0.3, -0.25) is 4.99 Å². The van der Waals surface area contributed by atoms with Gasteiger partial charge in [-0.25, -0.2) is 0 Å². The minimum absolute atomic E-state index is 0. The molecule has 0 aromatic heterocycles. The number of rotatable bonds is 14. The zero-order valence-corrected chi connectivity index (χ0v) is 19.0.